The second-order valence-electron chi connectivity index (χ2n) is 3.48. The van der Waals surface area contributed by atoms with E-state index in [1.54, 1.807) is 0 Å². The molecule has 56 valence electrons. The van der Waals surface area contributed by atoms with E-state index < -0.39 is 0 Å². The van der Waals surface area contributed by atoms with Gasteiger partial charge in [-0.25, -0.2) is 0 Å². The van der Waals surface area contributed by atoms with E-state index in [0.717, 1.165) is 6.54 Å². The molecule has 1 fully saturated rings. The van der Waals surface area contributed by atoms with Gasteiger partial charge in [-0.15, -0.1) is 0 Å². The zero-order valence-electron chi connectivity index (χ0n) is 6.27. The molecule has 0 aliphatic carbocycles. The third-order valence-corrected chi connectivity index (χ3v) is 2.74. The number of rotatable bonds is 0. The van der Waals surface area contributed by atoms with Crippen LogP contribution in [0.5, 0.6) is 0 Å². The maximum Gasteiger partial charge on any atom is 0.0446 e. The van der Waals surface area contributed by atoms with Crippen molar-refractivity contribution in [3.05, 3.63) is 0 Å². The Hall–Kier alpha value is -0.370. The highest BCUT2D eigenvalue weighted by atomic mass is 14.9. The first-order valence-electron chi connectivity index (χ1n) is 4.10. The minimum atomic E-state index is 0.589. The molecule has 2 aliphatic heterocycles. The molecule has 0 aromatic heterocycles. The van der Waals surface area contributed by atoms with Crippen molar-refractivity contribution < 1.29 is 0 Å². The van der Waals surface area contributed by atoms with E-state index in [0.29, 0.717) is 5.41 Å². The smallest absolute Gasteiger partial charge is 0.0446 e. The van der Waals surface area contributed by atoms with Gasteiger partial charge < -0.3 is 5.32 Å². The monoisotopic (exact) mass is 138 g/mol. The molecule has 10 heavy (non-hydrogen) atoms. The number of piperidine rings is 1. The second-order valence-corrected chi connectivity index (χ2v) is 3.48. The van der Waals surface area contributed by atoms with Crippen LogP contribution in [0.25, 0.3) is 0 Å². The van der Waals surface area contributed by atoms with Gasteiger partial charge in [0.2, 0.25) is 0 Å². The Bertz CT molecular complexity index is 135. The van der Waals surface area contributed by atoms with Gasteiger partial charge in [0.25, 0.3) is 0 Å². The quantitative estimate of drug-likeness (QED) is 0.527. The van der Waals surface area contributed by atoms with Gasteiger partial charge in [-0.1, -0.05) is 0 Å². The first kappa shape index (κ1) is 6.35. The van der Waals surface area contributed by atoms with E-state index in [1.165, 1.54) is 32.4 Å². The Balaban J connectivity index is 2.00. The molecule has 1 saturated heterocycles. The molecule has 2 heterocycles. The molecular weight excluding hydrogens is 124 g/mol. The zero-order valence-corrected chi connectivity index (χ0v) is 6.27. The number of nitrogens with one attached hydrogen (secondary N) is 1. The topological polar surface area (TPSA) is 24.4 Å². The van der Waals surface area contributed by atoms with E-state index in [4.69, 9.17) is 0 Å². The molecule has 0 radical (unpaired) electrons. The fourth-order valence-corrected chi connectivity index (χ4v) is 1.90. The Morgan fingerprint density at radius 2 is 2.10 bits per heavy atom. The van der Waals surface area contributed by atoms with Gasteiger partial charge in [0.05, 0.1) is 0 Å². The van der Waals surface area contributed by atoms with Crippen molar-refractivity contribution in [2.45, 2.75) is 19.3 Å². The summed E-state index contributed by atoms with van der Waals surface area (Å²) in [4.78, 5) is 4.31. The molecule has 0 atom stereocenters. The summed E-state index contributed by atoms with van der Waals surface area (Å²) in [5, 5.41) is 3.38. The van der Waals surface area contributed by atoms with E-state index in [1.807, 2.05) is 0 Å². The average Bonchev–Trinajstić information content (AvgIpc) is 2.39. The third kappa shape index (κ3) is 0.966. The van der Waals surface area contributed by atoms with Crippen molar-refractivity contribution in [1.82, 2.24) is 5.32 Å². The van der Waals surface area contributed by atoms with Crippen LogP contribution in [0.4, 0.5) is 0 Å². The van der Waals surface area contributed by atoms with Crippen LogP contribution in [0.1, 0.15) is 19.3 Å². The van der Waals surface area contributed by atoms with Crippen molar-refractivity contribution in [2.24, 2.45) is 10.4 Å². The Morgan fingerprint density at radius 3 is 2.70 bits per heavy atom. The molecule has 0 aromatic carbocycles. The number of aliphatic imine (C=N–C) groups is 1. The fraction of sp³-hybridized carbons (Fsp3) is 0.875. The summed E-state index contributed by atoms with van der Waals surface area (Å²) >= 11 is 0. The summed E-state index contributed by atoms with van der Waals surface area (Å²) in [5.74, 6) is 0. The van der Waals surface area contributed by atoms with Crippen LogP contribution in [-0.2, 0) is 0 Å². The van der Waals surface area contributed by atoms with Crippen molar-refractivity contribution in [2.75, 3.05) is 19.6 Å². The van der Waals surface area contributed by atoms with Gasteiger partial charge >= 0.3 is 0 Å². The summed E-state index contributed by atoms with van der Waals surface area (Å²) in [6.45, 7) is 3.49. The van der Waals surface area contributed by atoms with Gasteiger partial charge in [-0.2, -0.15) is 0 Å². The third-order valence-electron chi connectivity index (χ3n) is 2.74. The predicted octanol–water partition coefficient (Wildman–Crippen LogP) is 0.831. The van der Waals surface area contributed by atoms with E-state index in [9.17, 15) is 0 Å². The molecule has 0 saturated carbocycles. The van der Waals surface area contributed by atoms with Gasteiger partial charge in [-0.05, 0) is 44.0 Å². The lowest BCUT2D eigenvalue weighted by Gasteiger charge is -2.32. The lowest BCUT2D eigenvalue weighted by atomic mass is 9.78. The minimum Gasteiger partial charge on any atom is -0.317 e. The number of nitrogens with zero attached hydrogens (tertiary/aromatic N) is 1. The highest BCUT2D eigenvalue weighted by Crippen LogP contribution is 2.34. The first-order chi connectivity index (χ1) is 4.91. The van der Waals surface area contributed by atoms with E-state index >= 15 is 0 Å². The molecular formula is C8H14N2. The zero-order chi connectivity index (χ0) is 6.86. The molecule has 0 amide bonds. The largest absolute Gasteiger partial charge is 0.317 e. The molecule has 2 heteroatoms. The highest BCUT2D eigenvalue weighted by molar-refractivity contribution is 5.61. The fourth-order valence-electron chi connectivity index (χ4n) is 1.90. The summed E-state index contributed by atoms with van der Waals surface area (Å²) in [6.07, 6.45) is 5.99. The molecule has 2 nitrogen and oxygen atoms in total. The van der Waals surface area contributed by atoms with Gasteiger partial charge in [0, 0.05) is 6.54 Å². The maximum absolute atomic E-state index is 4.31. The molecule has 0 bridgehead atoms. The highest BCUT2D eigenvalue weighted by Gasteiger charge is 2.32. The Labute approximate surface area is 61.7 Å². The van der Waals surface area contributed by atoms with Crippen molar-refractivity contribution in [3.63, 3.8) is 0 Å². The molecule has 2 aliphatic rings. The summed E-state index contributed by atoms with van der Waals surface area (Å²) in [7, 11) is 0. The normalized spacial score (nSPS) is 29.6. The molecule has 1 spiro atoms. The van der Waals surface area contributed by atoms with Gasteiger partial charge in [0.15, 0.2) is 0 Å². The van der Waals surface area contributed by atoms with Gasteiger partial charge in [-0.3, -0.25) is 4.99 Å². The van der Waals surface area contributed by atoms with Crippen LogP contribution in [0, 0.1) is 5.41 Å². The van der Waals surface area contributed by atoms with E-state index in [-0.39, 0.29) is 0 Å². The van der Waals surface area contributed by atoms with Crippen LogP contribution < -0.4 is 5.32 Å². The minimum absolute atomic E-state index is 0.589. The molecule has 1 N–H and O–H groups in total. The predicted molar refractivity (Wildman–Crippen MR) is 42.5 cm³/mol. The van der Waals surface area contributed by atoms with Gasteiger partial charge in [0.1, 0.15) is 0 Å². The lowest BCUT2D eigenvalue weighted by Crippen LogP contribution is -2.37. The molecule has 2 rings (SSSR count). The lowest BCUT2D eigenvalue weighted by molar-refractivity contribution is 0.236. The average molecular weight is 138 g/mol. The number of hydrogen-bond donors (Lipinski definition) is 1. The number of hydrogen-bond acceptors (Lipinski definition) is 2. The van der Waals surface area contributed by atoms with Crippen molar-refractivity contribution in [1.29, 1.82) is 0 Å². The van der Waals surface area contributed by atoms with Crippen LogP contribution in [0.2, 0.25) is 0 Å². The summed E-state index contributed by atoms with van der Waals surface area (Å²) < 4.78 is 0. The summed E-state index contributed by atoms with van der Waals surface area (Å²) in [5.41, 5.74) is 0.589. The Morgan fingerprint density at radius 1 is 1.30 bits per heavy atom. The maximum atomic E-state index is 4.31. The van der Waals surface area contributed by atoms with Crippen LogP contribution >= 0.6 is 0 Å². The Kier molecular flexibility index (Phi) is 1.49. The standard InChI is InChI=1S/C8H14N2/c1-4-9-5-2-8(1)3-6-10-7-8/h6,9H,1-5,7H2. The van der Waals surface area contributed by atoms with Crippen molar-refractivity contribution in [3.8, 4) is 0 Å². The van der Waals surface area contributed by atoms with E-state index in [2.05, 4.69) is 16.5 Å². The second kappa shape index (κ2) is 2.35. The summed E-state index contributed by atoms with van der Waals surface area (Å²) in [6, 6.07) is 0. The first-order valence-corrected chi connectivity index (χ1v) is 4.10. The van der Waals surface area contributed by atoms with Crippen LogP contribution in [0.3, 0.4) is 0 Å². The SMILES string of the molecule is C1=NCC2(C1)CCNCC2. The molecule has 0 unspecified atom stereocenters. The van der Waals surface area contributed by atoms with Crippen LogP contribution in [0.15, 0.2) is 4.99 Å². The van der Waals surface area contributed by atoms with Crippen LogP contribution in [-0.4, -0.2) is 25.8 Å². The van der Waals surface area contributed by atoms with Crippen molar-refractivity contribution >= 4 is 6.21 Å². The molecule has 0 aromatic rings.